The third-order valence-corrected chi connectivity index (χ3v) is 7.52. The molecule has 2 amide bonds. The second-order valence-corrected chi connectivity index (χ2v) is 10.8. The zero-order valence-electron chi connectivity index (χ0n) is 19.6. The number of alkyl halides is 3. The number of aromatic nitrogens is 1. The van der Waals surface area contributed by atoms with Crippen molar-refractivity contribution < 1.29 is 22.8 Å². The van der Waals surface area contributed by atoms with Gasteiger partial charge in [0.1, 0.15) is 5.00 Å². The summed E-state index contributed by atoms with van der Waals surface area (Å²) < 4.78 is 40.5. The quantitative estimate of drug-likeness (QED) is 0.412. The summed E-state index contributed by atoms with van der Waals surface area (Å²) in [6, 6.07) is 8.10. The smallest absolute Gasteiger partial charge is 0.321 e. The molecular formula is C26H26F3N3O2S. The number of halogens is 3. The molecule has 9 heteroatoms. The van der Waals surface area contributed by atoms with Crippen LogP contribution in [0.15, 0.2) is 48.8 Å². The summed E-state index contributed by atoms with van der Waals surface area (Å²) in [5.74, 6) is -0.721. The summed E-state index contributed by atoms with van der Waals surface area (Å²) in [6.45, 7) is 6.51. The van der Waals surface area contributed by atoms with Crippen LogP contribution in [-0.2, 0) is 19.0 Å². The number of pyridine rings is 1. The zero-order valence-corrected chi connectivity index (χ0v) is 20.4. The van der Waals surface area contributed by atoms with Gasteiger partial charge < -0.3 is 10.6 Å². The lowest BCUT2D eigenvalue weighted by Crippen LogP contribution is -2.27. The first-order valence-corrected chi connectivity index (χ1v) is 12.1. The maximum atomic E-state index is 13.5. The van der Waals surface area contributed by atoms with E-state index in [1.54, 1.807) is 18.3 Å². The van der Waals surface area contributed by atoms with Crippen LogP contribution in [0.4, 0.5) is 23.9 Å². The number of carbonyl (C=O) groups is 2. The number of hydrogen-bond donors (Lipinski definition) is 2. The van der Waals surface area contributed by atoms with Crippen molar-refractivity contribution in [3.05, 3.63) is 75.9 Å². The molecule has 35 heavy (non-hydrogen) atoms. The fourth-order valence-corrected chi connectivity index (χ4v) is 5.67. The van der Waals surface area contributed by atoms with Crippen LogP contribution in [0, 0.1) is 11.3 Å². The van der Waals surface area contributed by atoms with Gasteiger partial charge in [-0.3, -0.25) is 14.6 Å². The molecule has 1 unspecified atom stereocenters. The van der Waals surface area contributed by atoms with E-state index in [2.05, 4.69) is 36.4 Å². The van der Waals surface area contributed by atoms with E-state index in [0.29, 0.717) is 22.9 Å². The van der Waals surface area contributed by atoms with Crippen molar-refractivity contribution in [2.24, 2.45) is 11.3 Å². The molecule has 4 rings (SSSR count). The van der Waals surface area contributed by atoms with Gasteiger partial charge in [-0.05, 0) is 60.4 Å². The van der Waals surface area contributed by atoms with Crippen molar-refractivity contribution in [3.8, 4) is 0 Å². The highest BCUT2D eigenvalue weighted by Crippen LogP contribution is 2.45. The van der Waals surface area contributed by atoms with Crippen molar-refractivity contribution >= 4 is 33.8 Å². The number of hydrogen-bond acceptors (Lipinski definition) is 4. The predicted molar refractivity (Wildman–Crippen MR) is 131 cm³/mol. The summed E-state index contributed by atoms with van der Waals surface area (Å²) in [5, 5.41) is 5.59. The Morgan fingerprint density at radius 3 is 2.43 bits per heavy atom. The number of amides is 2. The molecule has 2 aromatic heterocycles. The molecule has 1 aliphatic rings. The third-order valence-electron chi connectivity index (χ3n) is 6.35. The number of anilines is 2. The monoisotopic (exact) mass is 501 g/mol. The summed E-state index contributed by atoms with van der Waals surface area (Å²) in [4.78, 5) is 31.2. The van der Waals surface area contributed by atoms with Crippen LogP contribution in [0.3, 0.4) is 0 Å². The molecule has 0 aliphatic heterocycles. The van der Waals surface area contributed by atoms with Crippen LogP contribution in [0.1, 0.15) is 63.9 Å². The Labute approximate surface area is 205 Å². The van der Waals surface area contributed by atoms with E-state index < -0.39 is 23.6 Å². The molecule has 0 spiro atoms. The minimum absolute atomic E-state index is 0.0644. The average molecular weight is 502 g/mol. The van der Waals surface area contributed by atoms with E-state index in [-0.39, 0.29) is 16.7 Å². The van der Waals surface area contributed by atoms with Gasteiger partial charge in [0, 0.05) is 17.3 Å². The van der Waals surface area contributed by atoms with E-state index in [9.17, 15) is 22.8 Å². The lowest BCUT2D eigenvalue weighted by atomic mass is 9.72. The van der Waals surface area contributed by atoms with E-state index in [4.69, 9.17) is 0 Å². The number of nitrogens with one attached hydrogen (secondary N) is 2. The Kier molecular flexibility index (Phi) is 6.73. The SMILES string of the molecule is CC(C)(C)C1CCc2c(sc(NC(=O)c3cccnc3)c2C(=O)Nc2ccccc2C(F)(F)F)C1. The van der Waals surface area contributed by atoms with Crippen LogP contribution in [0.2, 0.25) is 0 Å². The molecule has 0 fully saturated rings. The zero-order chi connectivity index (χ0) is 25.4. The van der Waals surface area contributed by atoms with Crippen LogP contribution >= 0.6 is 11.3 Å². The molecule has 1 aromatic carbocycles. The van der Waals surface area contributed by atoms with Crippen molar-refractivity contribution in [2.45, 2.75) is 46.2 Å². The first-order valence-electron chi connectivity index (χ1n) is 11.3. The van der Waals surface area contributed by atoms with Crippen molar-refractivity contribution in [1.29, 1.82) is 0 Å². The number of rotatable bonds is 4. The summed E-state index contributed by atoms with van der Waals surface area (Å²) in [6.07, 6.45) is 0.547. The normalized spacial score (nSPS) is 15.9. The Hall–Kier alpha value is -3.20. The Bertz CT molecular complexity index is 1250. The van der Waals surface area contributed by atoms with Gasteiger partial charge in [-0.25, -0.2) is 0 Å². The number of carbonyl (C=O) groups excluding carboxylic acids is 2. The lowest BCUT2D eigenvalue weighted by Gasteiger charge is -2.33. The van der Waals surface area contributed by atoms with Crippen LogP contribution in [0.25, 0.3) is 0 Å². The van der Waals surface area contributed by atoms with Crippen molar-refractivity contribution in [2.75, 3.05) is 10.6 Å². The molecule has 5 nitrogen and oxygen atoms in total. The molecule has 3 aromatic rings. The highest BCUT2D eigenvalue weighted by molar-refractivity contribution is 7.17. The molecule has 0 bridgehead atoms. The predicted octanol–water partition coefficient (Wildman–Crippen LogP) is 6.82. The lowest BCUT2D eigenvalue weighted by molar-refractivity contribution is -0.136. The molecule has 0 radical (unpaired) electrons. The number of para-hydroxylation sites is 1. The van der Waals surface area contributed by atoms with Gasteiger partial charge in [-0.2, -0.15) is 13.2 Å². The van der Waals surface area contributed by atoms with E-state index in [0.717, 1.165) is 29.3 Å². The summed E-state index contributed by atoms with van der Waals surface area (Å²) in [5.41, 5.74) is 0.157. The van der Waals surface area contributed by atoms with Crippen LogP contribution in [-0.4, -0.2) is 16.8 Å². The van der Waals surface area contributed by atoms with Gasteiger partial charge in [0.2, 0.25) is 0 Å². The summed E-state index contributed by atoms with van der Waals surface area (Å²) >= 11 is 1.32. The van der Waals surface area contributed by atoms with Gasteiger partial charge >= 0.3 is 6.18 Å². The number of thiophene rings is 1. The molecule has 2 N–H and O–H groups in total. The number of benzene rings is 1. The first-order chi connectivity index (χ1) is 16.4. The largest absolute Gasteiger partial charge is 0.418 e. The second kappa shape index (κ2) is 9.45. The van der Waals surface area contributed by atoms with Crippen molar-refractivity contribution in [1.82, 2.24) is 4.98 Å². The highest BCUT2D eigenvalue weighted by Gasteiger charge is 2.36. The highest BCUT2D eigenvalue weighted by atomic mass is 32.1. The Balaban J connectivity index is 1.72. The maximum Gasteiger partial charge on any atom is 0.418 e. The third kappa shape index (κ3) is 5.40. The van der Waals surface area contributed by atoms with E-state index in [1.165, 1.54) is 35.7 Å². The molecule has 0 saturated heterocycles. The van der Waals surface area contributed by atoms with Gasteiger partial charge in [0.05, 0.1) is 22.4 Å². The molecule has 0 saturated carbocycles. The van der Waals surface area contributed by atoms with Gasteiger partial charge in [-0.1, -0.05) is 32.9 Å². The van der Waals surface area contributed by atoms with Crippen LogP contribution < -0.4 is 10.6 Å². The maximum absolute atomic E-state index is 13.5. The van der Waals surface area contributed by atoms with Gasteiger partial charge in [-0.15, -0.1) is 11.3 Å². The van der Waals surface area contributed by atoms with Gasteiger partial charge in [0.15, 0.2) is 0 Å². The Morgan fingerprint density at radius 2 is 1.77 bits per heavy atom. The minimum atomic E-state index is -4.62. The van der Waals surface area contributed by atoms with E-state index >= 15 is 0 Å². The minimum Gasteiger partial charge on any atom is -0.321 e. The second-order valence-electron chi connectivity index (χ2n) is 9.71. The molecule has 184 valence electrons. The molecule has 2 heterocycles. The fourth-order valence-electron chi connectivity index (χ4n) is 4.35. The molecular weight excluding hydrogens is 475 g/mol. The number of nitrogens with zero attached hydrogens (tertiary/aromatic N) is 1. The molecule has 1 atom stereocenters. The van der Waals surface area contributed by atoms with Gasteiger partial charge in [0.25, 0.3) is 11.8 Å². The topological polar surface area (TPSA) is 71.1 Å². The van der Waals surface area contributed by atoms with Crippen LogP contribution in [0.5, 0.6) is 0 Å². The van der Waals surface area contributed by atoms with E-state index in [1.807, 2.05) is 0 Å². The first kappa shape index (κ1) is 24.9. The Morgan fingerprint density at radius 1 is 1.03 bits per heavy atom. The fraction of sp³-hybridized carbons (Fsp3) is 0.346. The van der Waals surface area contributed by atoms with Crippen molar-refractivity contribution in [3.63, 3.8) is 0 Å². The summed E-state index contributed by atoms with van der Waals surface area (Å²) in [7, 11) is 0. The molecule has 1 aliphatic carbocycles. The number of fused-ring (bicyclic) bond motifs is 1. The average Bonchev–Trinajstić information content (AvgIpc) is 3.15. The standard InChI is InChI=1S/C26H26F3N3O2S/c1-25(2,3)16-10-11-17-20(13-16)35-24(32-22(33)15-7-6-12-30-14-15)21(17)23(34)31-19-9-5-4-8-18(19)26(27,28)29/h4-9,12,14,16H,10-11,13H2,1-3H3,(H,31,34)(H,32,33).